The number of hydrogen-bond acceptors (Lipinski definition) is 5. The molecule has 0 atom stereocenters. The molecule has 0 unspecified atom stereocenters. The lowest BCUT2D eigenvalue weighted by molar-refractivity contribution is -0.123. The number of rotatable bonds is 7. The maximum Gasteiger partial charge on any atom is 0.337 e. The molecule has 1 saturated heterocycles. The number of hydrogen-bond donors (Lipinski definition) is 2. The summed E-state index contributed by atoms with van der Waals surface area (Å²) in [5.74, 6) is -1.89. The van der Waals surface area contributed by atoms with Gasteiger partial charge in [-0.2, -0.15) is 0 Å². The minimum absolute atomic E-state index is 0.00200. The van der Waals surface area contributed by atoms with E-state index >= 15 is 0 Å². The van der Waals surface area contributed by atoms with Crippen molar-refractivity contribution in [3.63, 3.8) is 0 Å². The standard InChI is InChI=1S/C21H18N2O5S/c24-18(22-16-10-5-4-9-15(16)20(26)27)11-6-12-23-19(25)17(29-21(23)28)13-14-7-2-1-3-8-14/h1-5,7-10,13H,6,11-12H2,(H,22,24)(H,26,27)/b17-13-. The van der Waals surface area contributed by atoms with Gasteiger partial charge < -0.3 is 10.4 Å². The van der Waals surface area contributed by atoms with Gasteiger partial charge in [0.1, 0.15) is 0 Å². The molecule has 2 aromatic rings. The molecule has 1 aliphatic rings. The number of thioether (sulfide) groups is 1. The van der Waals surface area contributed by atoms with Crippen molar-refractivity contribution in [3.05, 3.63) is 70.6 Å². The predicted octanol–water partition coefficient (Wildman–Crippen LogP) is 3.84. The van der Waals surface area contributed by atoms with E-state index < -0.39 is 5.97 Å². The zero-order valence-electron chi connectivity index (χ0n) is 15.3. The molecule has 0 saturated carbocycles. The van der Waals surface area contributed by atoms with Crippen molar-refractivity contribution in [2.24, 2.45) is 0 Å². The van der Waals surface area contributed by atoms with E-state index in [2.05, 4.69) is 5.32 Å². The van der Waals surface area contributed by atoms with Crippen molar-refractivity contribution in [1.82, 2.24) is 4.90 Å². The predicted molar refractivity (Wildman–Crippen MR) is 110 cm³/mol. The Bertz CT molecular complexity index is 988. The Kier molecular flexibility index (Phi) is 6.46. The lowest BCUT2D eigenvalue weighted by Gasteiger charge is -2.12. The van der Waals surface area contributed by atoms with E-state index in [1.165, 1.54) is 12.1 Å². The Hall–Kier alpha value is -3.39. The number of amides is 3. The van der Waals surface area contributed by atoms with E-state index in [0.29, 0.717) is 4.91 Å². The molecule has 7 nitrogen and oxygen atoms in total. The molecule has 0 spiro atoms. The molecule has 0 radical (unpaired) electrons. The van der Waals surface area contributed by atoms with Gasteiger partial charge in [-0.05, 0) is 42.0 Å². The molecule has 1 aliphatic heterocycles. The lowest BCUT2D eigenvalue weighted by atomic mass is 10.1. The fourth-order valence-corrected chi connectivity index (χ4v) is 3.65. The van der Waals surface area contributed by atoms with Crippen molar-refractivity contribution >= 4 is 46.5 Å². The van der Waals surface area contributed by atoms with Crippen LogP contribution in [0.2, 0.25) is 0 Å². The largest absolute Gasteiger partial charge is 0.478 e. The zero-order valence-corrected chi connectivity index (χ0v) is 16.1. The van der Waals surface area contributed by atoms with Crippen LogP contribution in [0.25, 0.3) is 6.08 Å². The average molecular weight is 410 g/mol. The monoisotopic (exact) mass is 410 g/mol. The highest BCUT2D eigenvalue weighted by Crippen LogP contribution is 2.32. The first-order valence-electron chi connectivity index (χ1n) is 8.88. The van der Waals surface area contributed by atoms with Gasteiger partial charge in [0.15, 0.2) is 0 Å². The summed E-state index contributed by atoms with van der Waals surface area (Å²) in [6.07, 6.45) is 1.99. The van der Waals surface area contributed by atoms with Gasteiger partial charge in [0.2, 0.25) is 5.91 Å². The van der Waals surface area contributed by atoms with Gasteiger partial charge in [0.25, 0.3) is 11.1 Å². The maximum atomic E-state index is 12.5. The van der Waals surface area contributed by atoms with E-state index in [1.54, 1.807) is 18.2 Å². The van der Waals surface area contributed by atoms with Crippen LogP contribution in [-0.4, -0.2) is 39.6 Å². The molecule has 148 valence electrons. The fourth-order valence-electron chi connectivity index (χ4n) is 2.78. The van der Waals surface area contributed by atoms with Gasteiger partial charge >= 0.3 is 5.97 Å². The van der Waals surface area contributed by atoms with Crippen molar-refractivity contribution in [2.75, 3.05) is 11.9 Å². The molecule has 3 rings (SSSR count). The molecule has 2 N–H and O–H groups in total. The van der Waals surface area contributed by atoms with E-state index in [4.69, 9.17) is 5.11 Å². The summed E-state index contributed by atoms with van der Waals surface area (Å²) in [4.78, 5) is 49.4. The Morgan fingerprint density at radius 2 is 1.72 bits per heavy atom. The SMILES string of the molecule is O=C(CCCN1C(=O)S/C(=C\c2ccccc2)C1=O)Nc1ccccc1C(=O)O. The molecular weight excluding hydrogens is 392 g/mol. The number of carboxylic acid groups (broad SMARTS) is 1. The number of carbonyl (C=O) groups excluding carboxylic acids is 3. The number of carbonyl (C=O) groups is 4. The smallest absolute Gasteiger partial charge is 0.337 e. The first-order valence-corrected chi connectivity index (χ1v) is 9.70. The Labute approximate surface area is 171 Å². The quantitative estimate of drug-likeness (QED) is 0.672. The molecule has 1 fully saturated rings. The maximum absolute atomic E-state index is 12.5. The minimum Gasteiger partial charge on any atom is -0.478 e. The number of imide groups is 1. The summed E-state index contributed by atoms with van der Waals surface area (Å²) in [7, 11) is 0. The number of nitrogens with zero attached hydrogens (tertiary/aromatic N) is 1. The van der Waals surface area contributed by atoms with E-state index in [1.807, 2.05) is 30.3 Å². The highest BCUT2D eigenvalue weighted by Gasteiger charge is 2.34. The Balaban J connectivity index is 1.55. The number of nitrogens with one attached hydrogen (secondary N) is 1. The molecule has 0 aromatic heterocycles. The normalized spacial score (nSPS) is 15.0. The van der Waals surface area contributed by atoms with Crippen LogP contribution in [-0.2, 0) is 9.59 Å². The molecule has 0 aliphatic carbocycles. The Morgan fingerprint density at radius 1 is 1.03 bits per heavy atom. The van der Waals surface area contributed by atoms with Crippen LogP contribution in [0.15, 0.2) is 59.5 Å². The van der Waals surface area contributed by atoms with Crippen molar-refractivity contribution in [3.8, 4) is 0 Å². The van der Waals surface area contributed by atoms with Crippen LogP contribution in [0.4, 0.5) is 10.5 Å². The van der Waals surface area contributed by atoms with E-state index in [0.717, 1.165) is 22.2 Å². The minimum atomic E-state index is -1.14. The number of anilines is 1. The number of carboxylic acids is 1. The van der Waals surface area contributed by atoms with Gasteiger partial charge in [-0.3, -0.25) is 19.3 Å². The number of para-hydroxylation sites is 1. The molecule has 3 amide bonds. The third kappa shape index (κ3) is 5.11. The molecule has 1 heterocycles. The van der Waals surface area contributed by atoms with Gasteiger partial charge in [-0.15, -0.1) is 0 Å². The van der Waals surface area contributed by atoms with Crippen LogP contribution in [0.5, 0.6) is 0 Å². The van der Waals surface area contributed by atoms with Crippen LogP contribution >= 0.6 is 11.8 Å². The average Bonchev–Trinajstić information content (AvgIpc) is 2.96. The molecule has 0 bridgehead atoms. The second-order valence-corrected chi connectivity index (χ2v) is 7.24. The van der Waals surface area contributed by atoms with Gasteiger partial charge in [0.05, 0.1) is 16.2 Å². The van der Waals surface area contributed by atoms with Crippen molar-refractivity contribution < 1.29 is 24.3 Å². The van der Waals surface area contributed by atoms with Crippen LogP contribution in [0.3, 0.4) is 0 Å². The van der Waals surface area contributed by atoms with Gasteiger partial charge in [-0.1, -0.05) is 42.5 Å². The molecular formula is C21H18N2O5S. The van der Waals surface area contributed by atoms with E-state index in [9.17, 15) is 19.2 Å². The summed E-state index contributed by atoms with van der Waals surface area (Å²) in [6, 6.07) is 15.3. The summed E-state index contributed by atoms with van der Waals surface area (Å²) < 4.78 is 0. The topological polar surface area (TPSA) is 104 Å². The first kappa shape index (κ1) is 20.3. The van der Waals surface area contributed by atoms with Crippen molar-refractivity contribution in [1.29, 1.82) is 0 Å². The second-order valence-electron chi connectivity index (χ2n) is 6.25. The third-order valence-corrected chi connectivity index (χ3v) is 5.10. The highest BCUT2D eigenvalue weighted by atomic mass is 32.2. The lowest BCUT2D eigenvalue weighted by Crippen LogP contribution is -2.29. The van der Waals surface area contributed by atoms with Crippen LogP contribution < -0.4 is 5.32 Å². The highest BCUT2D eigenvalue weighted by molar-refractivity contribution is 8.18. The fraction of sp³-hybridized carbons (Fsp3) is 0.143. The Morgan fingerprint density at radius 3 is 2.45 bits per heavy atom. The number of aromatic carboxylic acids is 1. The summed E-state index contributed by atoms with van der Waals surface area (Å²) in [5, 5.41) is 11.3. The third-order valence-electron chi connectivity index (χ3n) is 4.19. The first-order chi connectivity index (χ1) is 14.0. The molecule has 2 aromatic carbocycles. The summed E-state index contributed by atoms with van der Waals surface area (Å²) >= 11 is 0.876. The summed E-state index contributed by atoms with van der Waals surface area (Å²) in [5.41, 5.74) is 1.04. The number of benzene rings is 2. The summed E-state index contributed by atoms with van der Waals surface area (Å²) in [6.45, 7) is 0.116. The molecule has 8 heteroatoms. The van der Waals surface area contributed by atoms with Crippen LogP contribution in [0.1, 0.15) is 28.8 Å². The van der Waals surface area contributed by atoms with E-state index in [-0.39, 0.29) is 47.7 Å². The van der Waals surface area contributed by atoms with Gasteiger partial charge in [0, 0.05) is 13.0 Å². The molecule has 29 heavy (non-hydrogen) atoms. The van der Waals surface area contributed by atoms with Gasteiger partial charge in [-0.25, -0.2) is 4.79 Å². The van der Waals surface area contributed by atoms with Crippen LogP contribution in [0, 0.1) is 0 Å². The zero-order chi connectivity index (χ0) is 20.8. The second kappa shape index (κ2) is 9.20. The van der Waals surface area contributed by atoms with Crippen molar-refractivity contribution in [2.45, 2.75) is 12.8 Å².